The van der Waals surface area contributed by atoms with Gasteiger partial charge in [0.1, 0.15) is 10.9 Å². The van der Waals surface area contributed by atoms with Crippen molar-refractivity contribution in [2.45, 2.75) is 56.5 Å². The van der Waals surface area contributed by atoms with Gasteiger partial charge in [-0.05, 0) is 66.8 Å². The number of nitriles is 1. The van der Waals surface area contributed by atoms with E-state index >= 15 is 0 Å². The maximum absolute atomic E-state index is 12.8. The second-order valence-corrected chi connectivity index (χ2v) is 11.2. The molecule has 0 aliphatic heterocycles. The van der Waals surface area contributed by atoms with Crippen LogP contribution >= 0.6 is 11.8 Å². The normalized spacial score (nSPS) is 12.5. The second-order valence-electron chi connectivity index (χ2n) is 8.36. The Labute approximate surface area is 218 Å². The smallest absolute Gasteiger partial charge is 0.357 e. The Balaban J connectivity index is 1.93. The van der Waals surface area contributed by atoms with Gasteiger partial charge in [-0.3, -0.25) is 0 Å². The van der Waals surface area contributed by atoms with Crippen molar-refractivity contribution in [3.05, 3.63) is 65.1 Å². The molecule has 3 rings (SSSR count). The van der Waals surface area contributed by atoms with Crippen LogP contribution in [0.1, 0.15) is 54.1 Å². The molecular formula is C27H32N4O3S2. The number of thioether (sulfide) groups is 1. The maximum atomic E-state index is 12.8. The molecule has 0 aliphatic carbocycles. The third-order valence-electron chi connectivity index (χ3n) is 5.83. The monoisotopic (exact) mass is 524 g/mol. The van der Waals surface area contributed by atoms with Gasteiger partial charge < -0.3 is 9.30 Å². The van der Waals surface area contributed by atoms with E-state index in [-0.39, 0.29) is 5.97 Å². The van der Waals surface area contributed by atoms with Crippen molar-refractivity contribution in [1.82, 2.24) is 14.3 Å². The van der Waals surface area contributed by atoms with Crippen molar-refractivity contribution in [2.75, 3.05) is 12.9 Å². The number of imidazole rings is 1. The van der Waals surface area contributed by atoms with E-state index in [4.69, 9.17) is 15.0 Å². The molecule has 0 amide bonds. The number of nitrogens with zero attached hydrogens (tertiary/aromatic N) is 3. The Morgan fingerprint density at radius 3 is 2.56 bits per heavy atom. The van der Waals surface area contributed by atoms with Crippen LogP contribution in [0, 0.1) is 18.4 Å². The molecule has 0 aliphatic rings. The van der Waals surface area contributed by atoms with Crippen molar-refractivity contribution < 1.29 is 13.7 Å². The molecular weight excluding hydrogens is 492 g/mol. The van der Waals surface area contributed by atoms with E-state index in [1.165, 1.54) is 11.8 Å². The average Bonchev–Trinajstić information content (AvgIpc) is 3.20. The third kappa shape index (κ3) is 6.12. The van der Waals surface area contributed by atoms with Gasteiger partial charge in [-0.15, -0.1) is 11.8 Å². The van der Waals surface area contributed by atoms with Gasteiger partial charge in [-0.1, -0.05) is 43.7 Å². The van der Waals surface area contributed by atoms with E-state index in [9.17, 15) is 9.00 Å². The molecule has 36 heavy (non-hydrogen) atoms. The van der Waals surface area contributed by atoms with Crippen molar-refractivity contribution in [3.63, 3.8) is 0 Å². The minimum atomic E-state index is -2.86. The van der Waals surface area contributed by atoms with Gasteiger partial charge in [0.15, 0.2) is 11.9 Å². The molecule has 1 heterocycles. The van der Waals surface area contributed by atoms with E-state index in [0.29, 0.717) is 28.8 Å². The summed E-state index contributed by atoms with van der Waals surface area (Å²) >= 11 is 1.46. The van der Waals surface area contributed by atoms with Crippen molar-refractivity contribution in [2.24, 2.45) is 0 Å². The first-order chi connectivity index (χ1) is 17.2. The fraction of sp³-hybridized carbons (Fsp3) is 0.333. The van der Waals surface area contributed by atoms with E-state index < -0.39 is 9.71 Å². The summed E-state index contributed by atoms with van der Waals surface area (Å²) in [5, 5.41) is 9.53. The number of esters is 1. The topological polar surface area (TPSA) is 97.0 Å². The zero-order valence-electron chi connectivity index (χ0n) is 21.2. The third-order valence-corrected chi connectivity index (χ3v) is 7.93. The summed E-state index contributed by atoms with van der Waals surface area (Å²) in [6, 6.07) is 13.6. The number of aromatic nitrogens is 2. The minimum absolute atomic E-state index is 0.310. The van der Waals surface area contributed by atoms with Crippen LogP contribution in [0.4, 0.5) is 0 Å². The molecule has 0 spiro atoms. The zero-order valence-corrected chi connectivity index (χ0v) is 22.8. The highest BCUT2D eigenvalue weighted by atomic mass is 32.2. The SMILES string of the molecule is C=S(=O)(NC#N)c1ccc(-c2ccc(Cn3c(CCCC)nc(SC)c3C(=O)OCC)cc2)c(C)c1. The molecule has 7 nitrogen and oxygen atoms in total. The number of benzene rings is 2. The van der Waals surface area contributed by atoms with Crippen LogP contribution in [0.5, 0.6) is 0 Å². The number of carbonyl (C=O) groups is 1. The fourth-order valence-electron chi connectivity index (χ4n) is 3.98. The Kier molecular flexibility index (Phi) is 9.24. The van der Waals surface area contributed by atoms with Crippen molar-refractivity contribution >= 4 is 33.3 Å². The van der Waals surface area contributed by atoms with Crippen LogP contribution in [0.3, 0.4) is 0 Å². The molecule has 0 saturated carbocycles. The summed E-state index contributed by atoms with van der Waals surface area (Å²) < 4.78 is 22.2. The van der Waals surface area contributed by atoms with E-state index in [1.54, 1.807) is 25.2 Å². The fourth-order valence-corrected chi connectivity index (χ4v) is 5.48. The quantitative estimate of drug-likeness (QED) is 0.122. The number of unbranched alkanes of at least 4 members (excludes halogenated alkanes) is 1. The summed E-state index contributed by atoms with van der Waals surface area (Å²) in [6.45, 7) is 6.71. The van der Waals surface area contributed by atoms with Crippen LogP contribution in [-0.2, 0) is 27.4 Å². The van der Waals surface area contributed by atoms with Crippen LogP contribution in [0.15, 0.2) is 52.4 Å². The molecule has 0 saturated heterocycles. The summed E-state index contributed by atoms with van der Waals surface area (Å²) in [4.78, 5) is 18.0. The lowest BCUT2D eigenvalue weighted by Crippen LogP contribution is -2.17. The van der Waals surface area contributed by atoms with Crippen LogP contribution in [-0.4, -0.2) is 38.5 Å². The summed E-state index contributed by atoms with van der Waals surface area (Å²) in [5.41, 5.74) is 4.50. The number of aryl methyl sites for hydroxylation is 2. The van der Waals surface area contributed by atoms with Crippen molar-refractivity contribution in [3.8, 4) is 17.3 Å². The highest BCUT2D eigenvalue weighted by Crippen LogP contribution is 2.28. The molecule has 1 aromatic heterocycles. The molecule has 1 atom stereocenters. The summed E-state index contributed by atoms with van der Waals surface area (Å²) in [7, 11) is -2.86. The maximum Gasteiger partial charge on any atom is 0.357 e. The van der Waals surface area contributed by atoms with Gasteiger partial charge in [0, 0.05) is 13.0 Å². The molecule has 0 fully saturated rings. The number of ether oxygens (including phenoxy) is 1. The first kappa shape index (κ1) is 27.4. The Bertz CT molecular complexity index is 1370. The van der Waals surface area contributed by atoms with Gasteiger partial charge in [-0.2, -0.15) is 5.26 Å². The number of nitrogens with one attached hydrogen (secondary N) is 1. The van der Waals surface area contributed by atoms with Gasteiger partial charge >= 0.3 is 5.97 Å². The standard InChI is InChI=1S/C27H32N4O3S2/c1-6-8-9-24-30-26(35-4)25(27(32)34-7-2)31(24)17-20-10-12-21(13-11-20)23-15-14-22(16-19(23)3)36(5,33)29-18-28/h10-16H,5-9,17H2,1-4H3,(H,29,33). The molecule has 1 unspecified atom stereocenters. The van der Waals surface area contributed by atoms with Gasteiger partial charge in [0.05, 0.1) is 21.2 Å². The largest absolute Gasteiger partial charge is 0.461 e. The highest BCUT2D eigenvalue weighted by Gasteiger charge is 2.24. The zero-order chi connectivity index (χ0) is 26.3. The number of carbonyl (C=O) groups excluding carboxylic acids is 1. The van der Waals surface area contributed by atoms with Gasteiger partial charge in [-0.25, -0.2) is 18.7 Å². The molecule has 1 N–H and O–H groups in total. The van der Waals surface area contributed by atoms with Crippen LogP contribution in [0.25, 0.3) is 11.1 Å². The lowest BCUT2D eigenvalue weighted by Gasteiger charge is -2.14. The Hall–Kier alpha value is -3.22. The van der Waals surface area contributed by atoms with Gasteiger partial charge in [0.25, 0.3) is 0 Å². The first-order valence-electron chi connectivity index (χ1n) is 11.8. The predicted molar refractivity (Wildman–Crippen MR) is 147 cm³/mol. The number of hydrogen-bond acceptors (Lipinski definition) is 6. The van der Waals surface area contributed by atoms with Crippen LogP contribution < -0.4 is 4.72 Å². The Morgan fingerprint density at radius 1 is 1.25 bits per heavy atom. The molecule has 2 aromatic carbocycles. The molecule has 9 heteroatoms. The average molecular weight is 525 g/mol. The molecule has 0 radical (unpaired) electrons. The number of hydrogen-bond donors (Lipinski definition) is 1. The highest BCUT2D eigenvalue weighted by molar-refractivity contribution is 7.98. The summed E-state index contributed by atoms with van der Waals surface area (Å²) in [5.74, 6) is 4.18. The molecule has 0 bridgehead atoms. The first-order valence-corrected chi connectivity index (χ1v) is 14.7. The van der Waals surface area contributed by atoms with Crippen molar-refractivity contribution in [1.29, 1.82) is 5.26 Å². The molecule has 3 aromatic rings. The summed E-state index contributed by atoms with van der Waals surface area (Å²) in [6.07, 6.45) is 6.46. The number of rotatable bonds is 11. The van der Waals surface area contributed by atoms with Crippen LogP contribution in [0.2, 0.25) is 0 Å². The lowest BCUT2D eigenvalue weighted by atomic mass is 9.99. The van der Waals surface area contributed by atoms with E-state index in [1.807, 2.05) is 48.1 Å². The van der Waals surface area contributed by atoms with E-state index in [2.05, 4.69) is 17.5 Å². The minimum Gasteiger partial charge on any atom is -0.461 e. The second kappa shape index (κ2) is 12.2. The predicted octanol–water partition coefficient (Wildman–Crippen LogP) is 5.21. The molecule has 190 valence electrons. The van der Waals surface area contributed by atoms with Gasteiger partial charge in [0.2, 0.25) is 0 Å². The Morgan fingerprint density at radius 2 is 1.97 bits per heavy atom. The lowest BCUT2D eigenvalue weighted by molar-refractivity contribution is 0.0509. The van der Waals surface area contributed by atoms with E-state index in [0.717, 1.165) is 47.3 Å².